The van der Waals surface area contributed by atoms with E-state index in [-0.39, 0.29) is 0 Å². The summed E-state index contributed by atoms with van der Waals surface area (Å²) < 4.78 is 0. The van der Waals surface area contributed by atoms with E-state index in [0.29, 0.717) is 6.04 Å². The highest BCUT2D eigenvalue weighted by Gasteiger charge is 2.04. The maximum absolute atomic E-state index is 3.55. The molecule has 0 bridgehead atoms. The molecule has 1 nitrogen and oxygen atoms in total. The highest BCUT2D eigenvalue weighted by molar-refractivity contribution is 7.08. The number of anilines is 1. The van der Waals surface area contributed by atoms with Gasteiger partial charge in [0.1, 0.15) is 0 Å². The Morgan fingerprint density at radius 3 is 2.85 bits per heavy atom. The molecule has 0 aliphatic heterocycles. The number of nitrogens with one attached hydrogen (secondary N) is 1. The highest BCUT2D eigenvalue weighted by Crippen LogP contribution is 2.16. The van der Waals surface area contributed by atoms with E-state index in [0.717, 1.165) is 0 Å². The predicted molar refractivity (Wildman–Crippen MR) is 61.5 cm³/mol. The van der Waals surface area contributed by atoms with Crippen LogP contribution in [0.4, 0.5) is 5.69 Å². The first-order valence-corrected chi connectivity index (χ1v) is 6.09. The Labute approximate surface area is 85.2 Å². The van der Waals surface area contributed by atoms with Crippen molar-refractivity contribution in [2.75, 3.05) is 5.32 Å². The molecule has 0 spiro atoms. The zero-order chi connectivity index (χ0) is 9.52. The molecule has 74 valence electrons. The van der Waals surface area contributed by atoms with Gasteiger partial charge in [-0.1, -0.05) is 26.7 Å². The van der Waals surface area contributed by atoms with Gasteiger partial charge in [-0.3, -0.25) is 0 Å². The molecule has 1 rings (SSSR count). The summed E-state index contributed by atoms with van der Waals surface area (Å²) in [4.78, 5) is 0. The van der Waals surface area contributed by atoms with Crippen LogP contribution < -0.4 is 5.32 Å². The van der Waals surface area contributed by atoms with Crippen LogP contribution in [0.15, 0.2) is 16.8 Å². The molecule has 0 aromatic carbocycles. The Kier molecular flexibility index (Phi) is 4.91. The second-order valence-corrected chi connectivity index (χ2v) is 4.18. The quantitative estimate of drug-likeness (QED) is 0.723. The van der Waals surface area contributed by atoms with Gasteiger partial charge in [0, 0.05) is 17.1 Å². The first-order valence-electron chi connectivity index (χ1n) is 5.15. The van der Waals surface area contributed by atoms with Gasteiger partial charge in [0.2, 0.25) is 0 Å². The topological polar surface area (TPSA) is 12.0 Å². The Balaban J connectivity index is 2.31. The average Bonchev–Trinajstić information content (AvgIpc) is 2.64. The summed E-state index contributed by atoms with van der Waals surface area (Å²) in [5.74, 6) is 0. The van der Waals surface area contributed by atoms with Crippen LogP contribution in [0.2, 0.25) is 0 Å². The first kappa shape index (κ1) is 10.6. The average molecular weight is 197 g/mol. The van der Waals surface area contributed by atoms with Crippen LogP contribution >= 0.6 is 11.3 Å². The lowest BCUT2D eigenvalue weighted by Gasteiger charge is -2.16. The summed E-state index contributed by atoms with van der Waals surface area (Å²) in [7, 11) is 0. The van der Waals surface area contributed by atoms with Crippen LogP contribution in [-0.4, -0.2) is 6.04 Å². The van der Waals surface area contributed by atoms with E-state index in [9.17, 15) is 0 Å². The van der Waals surface area contributed by atoms with Crippen molar-refractivity contribution < 1.29 is 0 Å². The molecular formula is C11H19NS. The van der Waals surface area contributed by atoms with Gasteiger partial charge in [0.25, 0.3) is 0 Å². The zero-order valence-corrected chi connectivity index (χ0v) is 9.36. The molecule has 1 heterocycles. The second-order valence-electron chi connectivity index (χ2n) is 3.40. The fourth-order valence-electron chi connectivity index (χ4n) is 1.41. The smallest absolute Gasteiger partial charge is 0.0450 e. The standard InChI is InChI=1S/C11H19NS/c1-3-5-6-10(4-2)12-11-7-8-13-9-11/h7-10,12H,3-6H2,1-2H3. The zero-order valence-electron chi connectivity index (χ0n) is 8.55. The third kappa shape index (κ3) is 3.81. The lowest BCUT2D eigenvalue weighted by molar-refractivity contribution is 0.593. The van der Waals surface area contributed by atoms with Crippen LogP contribution in [-0.2, 0) is 0 Å². The Morgan fingerprint density at radius 2 is 2.31 bits per heavy atom. The minimum absolute atomic E-state index is 0.662. The van der Waals surface area contributed by atoms with Gasteiger partial charge in [-0.2, -0.15) is 11.3 Å². The van der Waals surface area contributed by atoms with E-state index in [1.165, 1.54) is 31.4 Å². The van der Waals surface area contributed by atoms with Gasteiger partial charge >= 0.3 is 0 Å². The molecule has 0 aliphatic rings. The Bertz CT molecular complexity index is 206. The van der Waals surface area contributed by atoms with Crippen molar-refractivity contribution >= 4 is 17.0 Å². The molecule has 1 atom stereocenters. The molecule has 0 amide bonds. The van der Waals surface area contributed by atoms with E-state index in [2.05, 4.69) is 36.0 Å². The third-order valence-corrected chi connectivity index (χ3v) is 2.97. The normalized spacial score (nSPS) is 12.8. The lowest BCUT2D eigenvalue weighted by atomic mass is 10.1. The van der Waals surface area contributed by atoms with Gasteiger partial charge in [-0.05, 0) is 24.3 Å². The summed E-state index contributed by atoms with van der Waals surface area (Å²) in [5, 5.41) is 7.85. The van der Waals surface area contributed by atoms with Crippen molar-refractivity contribution in [2.45, 2.75) is 45.6 Å². The maximum Gasteiger partial charge on any atom is 0.0450 e. The van der Waals surface area contributed by atoms with Crippen molar-refractivity contribution in [3.63, 3.8) is 0 Å². The van der Waals surface area contributed by atoms with Crippen LogP contribution in [0.25, 0.3) is 0 Å². The highest BCUT2D eigenvalue weighted by atomic mass is 32.1. The van der Waals surface area contributed by atoms with Gasteiger partial charge in [0.05, 0.1) is 0 Å². The number of hydrogen-bond acceptors (Lipinski definition) is 2. The third-order valence-electron chi connectivity index (χ3n) is 2.29. The van der Waals surface area contributed by atoms with Gasteiger partial charge in [0.15, 0.2) is 0 Å². The number of thiophene rings is 1. The Morgan fingerprint density at radius 1 is 1.46 bits per heavy atom. The van der Waals surface area contributed by atoms with E-state index in [1.807, 2.05) is 0 Å². The van der Waals surface area contributed by atoms with Crippen LogP contribution in [0.1, 0.15) is 39.5 Å². The van der Waals surface area contributed by atoms with Gasteiger partial charge in [-0.15, -0.1) is 0 Å². The van der Waals surface area contributed by atoms with Crippen LogP contribution in [0.3, 0.4) is 0 Å². The van der Waals surface area contributed by atoms with E-state index in [1.54, 1.807) is 11.3 Å². The lowest BCUT2D eigenvalue weighted by Crippen LogP contribution is -2.17. The molecular weight excluding hydrogens is 178 g/mol. The summed E-state index contributed by atoms with van der Waals surface area (Å²) >= 11 is 1.75. The minimum Gasteiger partial charge on any atom is -0.382 e. The van der Waals surface area contributed by atoms with Gasteiger partial charge < -0.3 is 5.32 Å². The van der Waals surface area contributed by atoms with Crippen molar-refractivity contribution in [2.24, 2.45) is 0 Å². The Hall–Kier alpha value is -0.500. The summed E-state index contributed by atoms with van der Waals surface area (Å²) in [5.41, 5.74) is 1.29. The van der Waals surface area contributed by atoms with Crippen LogP contribution in [0, 0.1) is 0 Å². The SMILES string of the molecule is CCCCC(CC)Nc1ccsc1. The van der Waals surface area contributed by atoms with E-state index < -0.39 is 0 Å². The predicted octanol–water partition coefficient (Wildman–Crippen LogP) is 4.13. The molecule has 0 aliphatic carbocycles. The first-order chi connectivity index (χ1) is 6.36. The molecule has 0 saturated carbocycles. The molecule has 1 aromatic rings. The molecule has 2 heteroatoms. The van der Waals surface area contributed by atoms with E-state index >= 15 is 0 Å². The fourth-order valence-corrected chi connectivity index (χ4v) is 2.01. The molecule has 0 radical (unpaired) electrons. The van der Waals surface area contributed by atoms with Crippen molar-refractivity contribution in [1.29, 1.82) is 0 Å². The molecule has 0 fully saturated rings. The minimum atomic E-state index is 0.662. The summed E-state index contributed by atoms with van der Waals surface area (Å²) in [6, 6.07) is 2.81. The fraction of sp³-hybridized carbons (Fsp3) is 0.636. The molecule has 1 aromatic heterocycles. The number of rotatable bonds is 6. The van der Waals surface area contributed by atoms with Crippen LogP contribution in [0.5, 0.6) is 0 Å². The van der Waals surface area contributed by atoms with Crippen molar-refractivity contribution in [3.8, 4) is 0 Å². The van der Waals surface area contributed by atoms with Crippen molar-refractivity contribution in [1.82, 2.24) is 0 Å². The van der Waals surface area contributed by atoms with Crippen molar-refractivity contribution in [3.05, 3.63) is 16.8 Å². The van der Waals surface area contributed by atoms with Gasteiger partial charge in [-0.25, -0.2) is 0 Å². The maximum atomic E-state index is 3.55. The second kappa shape index (κ2) is 6.03. The molecule has 1 unspecified atom stereocenters. The molecule has 13 heavy (non-hydrogen) atoms. The number of unbranched alkanes of at least 4 members (excludes halogenated alkanes) is 1. The summed E-state index contributed by atoms with van der Waals surface area (Å²) in [6.07, 6.45) is 5.14. The number of hydrogen-bond donors (Lipinski definition) is 1. The molecule has 1 N–H and O–H groups in total. The monoisotopic (exact) mass is 197 g/mol. The largest absolute Gasteiger partial charge is 0.382 e. The summed E-state index contributed by atoms with van der Waals surface area (Å²) in [6.45, 7) is 4.50. The van der Waals surface area contributed by atoms with E-state index in [4.69, 9.17) is 0 Å². The molecule has 0 saturated heterocycles.